The Morgan fingerprint density at radius 2 is 1.71 bits per heavy atom. The largest absolute Gasteiger partial charge is 0.323 e. The average Bonchev–Trinajstić information content (AvgIpc) is 2.49. The summed E-state index contributed by atoms with van der Waals surface area (Å²) in [6, 6.07) is 13.8. The molecule has 0 amide bonds. The van der Waals surface area contributed by atoms with E-state index < -0.39 is 10.0 Å². The molecule has 0 aromatic heterocycles. The van der Waals surface area contributed by atoms with Crippen LogP contribution in [0.5, 0.6) is 0 Å². The van der Waals surface area contributed by atoms with Gasteiger partial charge in [-0.05, 0) is 36.2 Å². The maximum absolute atomic E-state index is 12.2. The Balaban J connectivity index is 2.03. The molecule has 0 bridgehead atoms. The molecule has 21 heavy (non-hydrogen) atoms. The van der Waals surface area contributed by atoms with Crippen LogP contribution >= 0.6 is 11.6 Å². The van der Waals surface area contributed by atoms with Gasteiger partial charge in [-0.2, -0.15) is 0 Å². The van der Waals surface area contributed by atoms with Gasteiger partial charge in [0.05, 0.1) is 5.69 Å². The van der Waals surface area contributed by atoms with E-state index in [-0.39, 0.29) is 4.90 Å². The fourth-order valence-electron chi connectivity index (χ4n) is 1.88. The van der Waals surface area contributed by atoms with Crippen LogP contribution in [0.3, 0.4) is 0 Å². The molecular weight excluding hydrogens is 310 g/mol. The molecule has 0 fully saturated rings. The first-order valence-electron chi connectivity index (χ1n) is 6.33. The van der Waals surface area contributed by atoms with Gasteiger partial charge in [-0.15, -0.1) is 0 Å². The molecule has 0 spiro atoms. The Morgan fingerprint density at radius 3 is 2.38 bits per heavy atom. The zero-order valence-electron chi connectivity index (χ0n) is 11.2. The van der Waals surface area contributed by atoms with Crippen molar-refractivity contribution in [2.45, 2.75) is 11.3 Å². The van der Waals surface area contributed by atoms with Crippen molar-refractivity contribution in [1.82, 2.24) is 4.72 Å². The molecule has 0 radical (unpaired) electrons. The molecule has 2 aromatic carbocycles. The third-order valence-electron chi connectivity index (χ3n) is 2.95. The molecule has 0 unspecified atom stereocenters. The first-order chi connectivity index (χ1) is 10.0. The Bertz CT molecular complexity index is 702. The molecule has 112 valence electrons. The second-order valence-corrected chi connectivity index (χ2v) is 6.59. The first-order valence-corrected chi connectivity index (χ1v) is 8.19. The van der Waals surface area contributed by atoms with Gasteiger partial charge in [-0.25, -0.2) is 13.1 Å². The lowest BCUT2D eigenvalue weighted by Gasteiger charge is -2.10. The molecule has 0 aliphatic heterocycles. The second kappa shape index (κ2) is 6.91. The number of hydrogen-bond acceptors (Lipinski definition) is 4. The third kappa shape index (κ3) is 4.18. The van der Waals surface area contributed by atoms with Crippen LogP contribution in [0.25, 0.3) is 0 Å². The van der Waals surface area contributed by atoms with Crippen LogP contribution < -0.4 is 16.0 Å². The molecule has 0 atom stereocenters. The quantitative estimate of drug-likeness (QED) is 0.561. The zero-order valence-corrected chi connectivity index (χ0v) is 12.8. The minimum absolute atomic E-state index is 0.128. The number of sulfonamides is 1. The average molecular weight is 326 g/mol. The van der Waals surface area contributed by atoms with E-state index in [1.54, 1.807) is 30.3 Å². The van der Waals surface area contributed by atoms with E-state index in [9.17, 15) is 8.42 Å². The van der Waals surface area contributed by atoms with Gasteiger partial charge in [-0.3, -0.25) is 5.84 Å². The van der Waals surface area contributed by atoms with Gasteiger partial charge in [0.25, 0.3) is 0 Å². The van der Waals surface area contributed by atoms with E-state index in [0.717, 1.165) is 5.56 Å². The van der Waals surface area contributed by atoms with E-state index in [1.807, 2.05) is 12.1 Å². The summed E-state index contributed by atoms with van der Waals surface area (Å²) in [4.78, 5) is 0.128. The minimum Gasteiger partial charge on any atom is -0.323 e. The summed E-state index contributed by atoms with van der Waals surface area (Å²) >= 11 is 5.80. The normalized spacial score (nSPS) is 11.3. The van der Waals surface area contributed by atoms with Gasteiger partial charge in [0, 0.05) is 11.6 Å². The molecule has 7 heteroatoms. The fourth-order valence-corrected chi connectivity index (χ4v) is 3.21. The number of nitrogen functional groups attached to an aromatic ring is 1. The highest BCUT2D eigenvalue weighted by atomic mass is 35.5. The molecule has 4 N–H and O–H groups in total. The summed E-state index contributed by atoms with van der Waals surface area (Å²) < 4.78 is 27.0. The van der Waals surface area contributed by atoms with Crippen LogP contribution in [0.4, 0.5) is 5.69 Å². The summed E-state index contributed by atoms with van der Waals surface area (Å²) in [5.41, 5.74) is 3.75. The van der Waals surface area contributed by atoms with E-state index in [4.69, 9.17) is 17.4 Å². The molecule has 0 heterocycles. The van der Waals surface area contributed by atoms with Crippen LogP contribution in [-0.2, 0) is 16.4 Å². The number of halogens is 1. The highest BCUT2D eigenvalue weighted by Crippen LogP contribution is 2.19. The maximum atomic E-state index is 12.2. The van der Waals surface area contributed by atoms with Gasteiger partial charge < -0.3 is 5.43 Å². The lowest BCUT2D eigenvalue weighted by molar-refractivity contribution is 0.582. The van der Waals surface area contributed by atoms with Gasteiger partial charge in [-0.1, -0.05) is 35.9 Å². The standard InChI is InChI=1S/C14H16ClN3O2S/c15-12-7-5-11(6-8-12)9-10-17-21(19,20)14-4-2-1-3-13(14)18-16/h1-8,17-18H,9-10,16H2. The number of rotatable bonds is 6. The van der Waals surface area contributed by atoms with Crippen LogP contribution in [0.2, 0.25) is 5.02 Å². The van der Waals surface area contributed by atoms with Gasteiger partial charge in [0.2, 0.25) is 10.0 Å². The van der Waals surface area contributed by atoms with Crippen molar-refractivity contribution in [2.24, 2.45) is 5.84 Å². The summed E-state index contributed by atoms with van der Waals surface area (Å²) in [5.74, 6) is 5.33. The molecular formula is C14H16ClN3O2S. The molecule has 5 nitrogen and oxygen atoms in total. The predicted molar refractivity (Wildman–Crippen MR) is 84.6 cm³/mol. The summed E-state index contributed by atoms with van der Waals surface area (Å²) in [5, 5.41) is 0.655. The Hall–Kier alpha value is -1.60. The zero-order chi connectivity index (χ0) is 15.3. The Morgan fingerprint density at radius 1 is 1.05 bits per heavy atom. The fraction of sp³-hybridized carbons (Fsp3) is 0.143. The van der Waals surface area contributed by atoms with E-state index >= 15 is 0 Å². The topological polar surface area (TPSA) is 84.2 Å². The number of hydrazine groups is 1. The SMILES string of the molecule is NNc1ccccc1S(=O)(=O)NCCc1ccc(Cl)cc1. The van der Waals surface area contributed by atoms with Gasteiger partial charge >= 0.3 is 0 Å². The van der Waals surface area contributed by atoms with Crippen LogP contribution in [0, 0.1) is 0 Å². The molecule has 0 saturated carbocycles. The summed E-state index contributed by atoms with van der Waals surface area (Å²) in [6.45, 7) is 0.295. The molecule has 2 rings (SSSR count). The van der Waals surface area contributed by atoms with Crippen molar-refractivity contribution in [3.63, 3.8) is 0 Å². The van der Waals surface area contributed by atoms with E-state index in [0.29, 0.717) is 23.7 Å². The summed E-state index contributed by atoms with van der Waals surface area (Å²) in [6.07, 6.45) is 0.578. The van der Waals surface area contributed by atoms with Crippen molar-refractivity contribution in [3.8, 4) is 0 Å². The molecule has 0 saturated heterocycles. The number of anilines is 1. The number of benzene rings is 2. The van der Waals surface area contributed by atoms with Crippen molar-refractivity contribution in [2.75, 3.05) is 12.0 Å². The van der Waals surface area contributed by atoms with Crippen LogP contribution in [-0.4, -0.2) is 15.0 Å². The maximum Gasteiger partial charge on any atom is 0.242 e. The number of hydrogen-bond donors (Lipinski definition) is 3. The van der Waals surface area contributed by atoms with Crippen LogP contribution in [0.1, 0.15) is 5.56 Å². The lowest BCUT2D eigenvalue weighted by Crippen LogP contribution is -2.27. The Kier molecular flexibility index (Phi) is 5.19. The monoisotopic (exact) mass is 325 g/mol. The number of para-hydroxylation sites is 1. The van der Waals surface area contributed by atoms with Gasteiger partial charge in [0.1, 0.15) is 4.90 Å². The van der Waals surface area contributed by atoms with Crippen molar-refractivity contribution in [1.29, 1.82) is 0 Å². The number of nitrogens with one attached hydrogen (secondary N) is 2. The number of nitrogens with two attached hydrogens (primary N) is 1. The van der Waals surface area contributed by atoms with Crippen molar-refractivity contribution < 1.29 is 8.42 Å². The van der Waals surface area contributed by atoms with Gasteiger partial charge in [0.15, 0.2) is 0 Å². The third-order valence-corrected chi connectivity index (χ3v) is 4.72. The van der Waals surface area contributed by atoms with Crippen LogP contribution in [0.15, 0.2) is 53.4 Å². The predicted octanol–water partition coefficient (Wildman–Crippen LogP) is 2.15. The molecule has 2 aromatic rings. The lowest BCUT2D eigenvalue weighted by atomic mass is 10.2. The highest BCUT2D eigenvalue weighted by Gasteiger charge is 2.17. The molecule has 0 aliphatic carbocycles. The van der Waals surface area contributed by atoms with Crippen molar-refractivity contribution in [3.05, 3.63) is 59.1 Å². The smallest absolute Gasteiger partial charge is 0.242 e. The Labute approximate surface area is 129 Å². The van der Waals surface area contributed by atoms with E-state index in [1.165, 1.54) is 6.07 Å². The highest BCUT2D eigenvalue weighted by molar-refractivity contribution is 7.89. The van der Waals surface area contributed by atoms with E-state index in [2.05, 4.69) is 10.1 Å². The second-order valence-electron chi connectivity index (χ2n) is 4.41. The minimum atomic E-state index is -3.60. The summed E-state index contributed by atoms with van der Waals surface area (Å²) in [7, 11) is -3.60. The molecule has 0 aliphatic rings. The van der Waals surface area contributed by atoms with Crippen molar-refractivity contribution >= 4 is 27.3 Å². The first kappa shape index (κ1) is 15.8.